The van der Waals surface area contributed by atoms with Crippen LogP contribution in [0.1, 0.15) is 51.7 Å². The van der Waals surface area contributed by atoms with Crippen LogP contribution in [0.15, 0.2) is 48.5 Å². The van der Waals surface area contributed by atoms with Crippen molar-refractivity contribution in [1.82, 2.24) is 14.7 Å². The summed E-state index contributed by atoms with van der Waals surface area (Å²) in [6.45, 7) is 12.3. The summed E-state index contributed by atoms with van der Waals surface area (Å²) in [6.07, 6.45) is 1.19. The van der Waals surface area contributed by atoms with Crippen LogP contribution in [0.25, 0.3) is 0 Å². The quantitative estimate of drug-likeness (QED) is 0.552. The van der Waals surface area contributed by atoms with E-state index >= 15 is 0 Å². The molecule has 38 heavy (non-hydrogen) atoms. The van der Waals surface area contributed by atoms with Crippen molar-refractivity contribution in [2.45, 2.75) is 65.1 Å². The molecule has 0 bridgehead atoms. The van der Waals surface area contributed by atoms with Gasteiger partial charge in [0.25, 0.3) is 0 Å². The lowest BCUT2D eigenvalue weighted by atomic mass is 9.72. The molecule has 0 aromatic heterocycles. The van der Waals surface area contributed by atoms with E-state index in [1.165, 1.54) is 12.1 Å². The molecule has 2 aromatic carbocycles. The SMILES string of the molecule is CC(C)(C)[C@@]1(C)CN(Cc2ccc(CC(=O)N3CCC(Nc4cccc(F)c4)CC3)cc2)CCN1C(=O)O. The monoisotopic (exact) mass is 524 g/mol. The Bertz CT molecular complexity index is 1130. The van der Waals surface area contributed by atoms with Crippen molar-refractivity contribution >= 4 is 17.7 Å². The smallest absolute Gasteiger partial charge is 0.407 e. The average Bonchev–Trinajstić information content (AvgIpc) is 2.85. The van der Waals surface area contributed by atoms with Crippen molar-refractivity contribution in [3.63, 3.8) is 0 Å². The number of benzene rings is 2. The molecule has 2 aliphatic heterocycles. The molecule has 2 saturated heterocycles. The van der Waals surface area contributed by atoms with Crippen LogP contribution in [-0.4, -0.2) is 76.1 Å². The molecule has 0 unspecified atom stereocenters. The fourth-order valence-electron chi connectivity index (χ4n) is 5.57. The standard InChI is InChI=1S/C30H41FN4O3/c1-29(2,3)30(4)21-33(16-17-35(30)28(37)38)20-23-10-8-22(9-11-23)18-27(36)34-14-12-25(13-15-34)32-26-7-5-6-24(31)19-26/h5-11,19,25,32H,12-18,20-21H2,1-4H3,(H,37,38)/t30-/m1/s1. The first-order chi connectivity index (χ1) is 17.9. The van der Waals surface area contributed by atoms with Gasteiger partial charge < -0.3 is 15.3 Å². The number of rotatable bonds is 6. The molecule has 0 aliphatic carbocycles. The second kappa shape index (κ2) is 11.3. The number of carboxylic acid groups (broad SMARTS) is 1. The summed E-state index contributed by atoms with van der Waals surface area (Å²) in [5, 5.41) is 13.1. The molecule has 8 heteroatoms. The van der Waals surface area contributed by atoms with Crippen LogP contribution in [0.3, 0.4) is 0 Å². The van der Waals surface area contributed by atoms with Crippen LogP contribution in [0.4, 0.5) is 14.9 Å². The molecule has 0 spiro atoms. The Kier molecular flexibility index (Phi) is 8.31. The van der Waals surface area contributed by atoms with Gasteiger partial charge in [0, 0.05) is 51.0 Å². The lowest BCUT2D eigenvalue weighted by Gasteiger charge is -2.54. The first-order valence-electron chi connectivity index (χ1n) is 13.6. The number of piperazine rings is 1. The van der Waals surface area contributed by atoms with Crippen LogP contribution < -0.4 is 5.32 Å². The van der Waals surface area contributed by atoms with Gasteiger partial charge in [-0.15, -0.1) is 0 Å². The Balaban J connectivity index is 1.27. The lowest BCUT2D eigenvalue weighted by molar-refractivity contribution is -0.131. The third kappa shape index (κ3) is 6.46. The lowest BCUT2D eigenvalue weighted by Crippen LogP contribution is -2.67. The summed E-state index contributed by atoms with van der Waals surface area (Å²) in [6, 6.07) is 14.9. The maximum atomic E-state index is 13.4. The highest BCUT2D eigenvalue weighted by Gasteiger charge is 2.48. The van der Waals surface area contributed by atoms with Gasteiger partial charge >= 0.3 is 6.09 Å². The van der Waals surface area contributed by atoms with Crippen LogP contribution in [0, 0.1) is 11.2 Å². The van der Waals surface area contributed by atoms with Crippen LogP contribution in [0.2, 0.25) is 0 Å². The van der Waals surface area contributed by atoms with E-state index in [4.69, 9.17) is 0 Å². The number of nitrogens with zero attached hydrogens (tertiary/aromatic N) is 3. The first kappa shape index (κ1) is 27.9. The van der Waals surface area contributed by atoms with E-state index in [2.05, 4.69) is 43.1 Å². The number of carbonyl (C=O) groups excluding carboxylic acids is 1. The van der Waals surface area contributed by atoms with Crippen molar-refractivity contribution < 1.29 is 19.1 Å². The Labute approximate surface area is 225 Å². The van der Waals surface area contributed by atoms with E-state index in [0.717, 1.165) is 36.2 Å². The summed E-state index contributed by atoms with van der Waals surface area (Å²) >= 11 is 0. The number of hydrogen-bond donors (Lipinski definition) is 2. The zero-order valence-electron chi connectivity index (χ0n) is 23.0. The van der Waals surface area contributed by atoms with Crippen LogP contribution >= 0.6 is 0 Å². The van der Waals surface area contributed by atoms with E-state index in [0.29, 0.717) is 39.1 Å². The number of likely N-dealkylation sites (tertiary alicyclic amines) is 1. The molecule has 2 fully saturated rings. The maximum Gasteiger partial charge on any atom is 0.407 e. The van der Waals surface area contributed by atoms with E-state index in [1.807, 2.05) is 30.0 Å². The number of carbonyl (C=O) groups is 2. The van der Waals surface area contributed by atoms with Gasteiger partial charge in [-0.25, -0.2) is 9.18 Å². The molecule has 0 saturated carbocycles. The van der Waals surface area contributed by atoms with Crippen molar-refractivity contribution in [3.8, 4) is 0 Å². The van der Waals surface area contributed by atoms with Gasteiger partial charge in [0.1, 0.15) is 5.82 Å². The van der Waals surface area contributed by atoms with Crippen molar-refractivity contribution in [1.29, 1.82) is 0 Å². The Morgan fingerprint density at radius 2 is 1.68 bits per heavy atom. The second-order valence-corrected chi connectivity index (χ2v) is 12.0. The van der Waals surface area contributed by atoms with Crippen LogP contribution in [0.5, 0.6) is 0 Å². The summed E-state index contributed by atoms with van der Waals surface area (Å²) in [5.74, 6) is -0.120. The Morgan fingerprint density at radius 1 is 1.03 bits per heavy atom. The first-order valence-corrected chi connectivity index (χ1v) is 13.6. The molecule has 4 rings (SSSR count). The number of amides is 2. The fraction of sp³-hybridized carbons (Fsp3) is 0.533. The van der Waals surface area contributed by atoms with Gasteiger partial charge in [-0.05, 0) is 54.5 Å². The van der Waals surface area contributed by atoms with Gasteiger partial charge in [-0.2, -0.15) is 0 Å². The second-order valence-electron chi connectivity index (χ2n) is 12.0. The van der Waals surface area contributed by atoms with Crippen molar-refractivity contribution in [2.24, 2.45) is 5.41 Å². The number of piperidine rings is 1. The zero-order valence-corrected chi connectivity index (χ0v) is 23.0. The number of anilines is 1. The third-order valence-electron chi connectivity index (χ3n) is 8.44. The summed E-state index contributed by atoms with van der Waals surface area (Å²) in [4.78, 5) is 30.7. The zero-order chi connectivity index (χ0) is 27.5. The summed E-state index contributed by atoms with van der Waals surface area (Å²) < 4.78 is 13.4. The molecule has 2 N–H and O–H groups in total. The fourth-order valence-corrected chi connectivity index (χ4v) is 5.57. The van der Waals surface area contributed by atoms with Gasteiger partial charge in [-0.3, -0.25) is 14.6 Å². The molecule has 2 heterocycles. The highest BCUT2D eigenvalue weighted by molar-refractivity contribution is 5.79. The number of halogens is 1. The minimum atomic E-state index is -0.858. The third-order valence-corrected chi connectivity index (χ3v) is 8.44. The molecular formula is C30H41FN4O3. The minimum Gasteiger partial charge on any atom is -0.465 e. The Morgan fingerprint density at radius 3 is 2.29 bits per heavy atom. The van der Waals surface area contributed by atoms with E-state index in [9.17, 15) is 19.1 Å². The predicted octanol–water partition coefficient (Wildman–Crippen LogP) is 5.07. The highest BCUT2D eigenvalue weighted by Crippen LogP contribution is 2.38. The topological polar surface area (TPSA) is 76.1 Å². The molecule has 206 valence electrons. The highest BCUT2D eigenvalue weighted by atomic mass is 19.1. The Hall–Kier alpha value is -3.13. The molecule has 2 aliphatic rings. The predicted molar refractivity (Wildman–Crippen MR) is 148 cm³/mol. The summed E-state index contributed by atoms with van der Waals surface area (Å²) in [5.41, 5.74) is 2.25. The molecular weight excluding hydrogens is 483 g/mol. The summed E-state index contributed by atoms with van der Waals surface area (Å²) in [7, 11) is 0. The van der Waals surface area contributed by atoms with Gasteiger partial charge in [0.05, 0.1) is 12.0 Å². The molecule has 1 atom stereocenters. The van der Waals surface area contributed by atoms with Crippen molar-refractivity contribution in [3.05, 3.63) is 65.5 Å². The van der Waals surface area contributed by atoms with Gasteiger partial charge in [0.2, 0.25) is 5.91 Å². The average molecular weight is 525 g/mol. The molecule has 0 radical (unpaired) electrons. The van der Waals surface area contributed by atoms with Crippen LogP contribution in [-0.2, 0) is 17.8 Å². The number of nitrogens with one attached hydrogen (secondary N) is 1. The normalized spacial score (nSPS) is 21.4. The van der Waals surface area contributed by atoms with E-state index in [-0.39, 0.29) is 23.2 Å². The minimum absolute atomic E-state index is 0.132. The molecule has 7 nitrogen and oxygen atoms in total. The van der Waals surface area contributed by atoms with Gasteiger partial charge in [0.15, 0.2) is 0 Å². The number of hydrogen-bond acceptors (Lipinski definition) is 4. The van der Waals surface area contributed by atoms with Gasteiger partial charge in [-0.1, -0.05) is 51.1 Å². The molecule has 2 amide bonds. The van der Waals surface area contributed by atoms with E-state index < -0.39 is 11.6 Å². The van der Waals surface area contributed by atoms with Crippen molar-refractivity contribution in [2.75, 3.05) is 38.0 Å². The largest absolute Gasteiger partial charge is 0.465 e. The maximum absolute atomic E-state index is 13.4. The molecule has 2 aromatic rings. The van der Waals surface area contributed by atoms with E-state index in [1.54, 1.807) is 11.0 Å².